The lowest BCUT2D eigenvalue weighted by Crippen LogP contribution is -2.43. The van der Waals surface area contributed by atoms with Crippen molar-refractivity contribution in [2.45, 2.75) is 43.2 Å². The lowest BCUT2D eigenvalue weighted by atomic mass is 10.2. The third-order valence-corrected chi connectivity index (χ3v) is 6.20. The van der Waals surface area contributed by atoms with Gasteiger partial charge in [0.1, 0.15) is 10.6 Å². The van der Waals surface area contributed by atoms with Gasteiger partial charge >= 0.3 is 0 Å². The summed E-state index contributed by atoms with van der Waals surface area (Å²) >= 11 is 0. The Labute approximate surface area is 126 Å². The van der Waals surface area contributed by atoms with Crippen LogP contribution in [0.25, 0.3) is 0 Å². The zero-order chi connectivity index (χ0) is 15.0. The Bertz CT molecular complexity index is 620. The lowest BCUT2D eigenvalue weighted by molar-refractivity contribution is 0.324. The first-order valence-corrected chi connectivity index (χ1v) is 8.87. The molecular weight excluding hydrogens is 288 g/mol. The van der Waals surface area contributed by atoms with Gasteiger partial charge in [-0.3, -0.25) is 0 Å². The van der Waals surface area contributed by atoms with Crippen LogP contribution in [0.5, 0.6) is 5.75 Å². The summed E-state index contributed by atoms with van der Waals surface area (Å²) in [7, 11) is -2.00. The molecule has 6 heteroatoms. The smallest absolute Gasteiger partial charge is 0.247 e. The molecule has 0 aromatic heterocycles. The van der Waals surface area contributed by atoms with E-state index in [0.29, 0.717) is 10.6 Å². The Kier molecular flexibility index (Phi) is 3.94. The summed E-state index contributed by atoms with van der Waals surface area (Å²) in [4.78, 5) is 0.295. The van der Waals surface area contributed by atoms with E-state index in [-0.39, 0.29) is 12.1 Å². The first kappa shape index (κ1) is 14.8. The summed E-state index contributed by atoms with van der Waals surface area (Å²) in [6.07, 6.45) is 2.80. The van der Waals surface area contributed by atoms with Crippen molar-refractivity contribution < 1.29 is 13.2 Å². The minimum atomic E-state index is -3.52. The van der Waals surface area contributed by atoms with Crippen LogP contribution < -0.4 is 10.1 Å². The van der Waals surface area contributed by atoms with E-state index in [1.54, 1.807) is 16.4 Å². The second-order valence-electron chi connectivity index (χ2n) is 5.87. The molecule has 1 saturated heterocycles. The molecular formula is C15H22N2O3S. The number of sulfonamides is 1. The van der Waals surface area contributed by atoms with Crippen molar-refractivity contribution in [3.63, 3.8) is 0 Å². The van der Waals surface area contributed by atoms with E-state index >= 15 is 0 Å². The molecule has 1 aromatic rings. The van der Waals surface area contributed by atoms with E-state index < -0.39 is 10.0 Å². The molecule has 2 fully saturated rings. The highest BCUT2D eigenvalue weighted by atomic mass is 32.2. The van der Waals surface area contributed by atoms with Crippen LogP contribution >= 0.6 is 0 Å². The van der Waals surface area contributed by atoms with Gasteiger partial charge in [0.15, 0.2) is 0 Å². The monoisotopic (exact) mass is 310 g/mol. The van der Waals surface area contributed by atoms with E-state index in [9.17, 15) is 8.42 Å². The van der Waals surface area contributed by atoms with E-state index in [1.807, 2.05) is 13.0 Å². The maximum atomic E-state index is 13.2. The fraction of sp³-hybridized carbons (Fsp3) is 0.600. The molecule has 0 spiro atoms. The van der Waals surface area contributed by atoms with E-state index in [1.165, 1.54) is 7.11 Å². The molecule has 1 atom stereocenters. The number of benzene rings is 1. The Hall–Kier alpha value is -1.11. The number of hydrogen-bond acceptors (Lipinski definition) is 4. The van der Waals surface area contributed by atoms with E-state index in [4.69, 9.17) is 4.74 Å². The molecule has 21 heavy (non-hydrogen) atoms. The lowest BCUT2D eigenvalue weighted by Gasteiger charge is -2.28. The van der Waals surface area contributed by atoms with Gasteiger partial charge in [0.05, 0.1) is 7.11 Å². The first-order valence-electron chi connectivity index (χ1n) is 7.43. The summed E-state index contributed by atoms with van der Waals surface area (Å²) in [5, 5.41) is 3.26. The van der Waals surface area contributed by atoms with Gasteiger partial charge in [0, 0.05) is 18.6 Å². The topological polar surface area (TPSA) is 58.6 Å². The van der Waals surface area contributed by atoms with Crippen LogP contribution in [0.1, 0.15) is 24.8 Å². The molecule has 5 nitrogen and oxygen atoms in total. The fourth-order valence-electron chi connectivity index (χ4n) is 2.98. The molecule has 1 N–H and O–H groups in total. The number of ether oxygens (including phenoxy) is 1. The van der Waals surface area contributed by atoms with Crippen LogP contribution in [-0.4, -0.2) is 45.0 Å². The van der Waals surface area contributed by atoms with Gasteiger partial charge in [-0.05, 0) is 50.4 Å². The van der Waals surface area contributed by atoms with Gasteiger partial charge in [-0.2, -0.15) is 4.31 Å². The first-order chi connectivity index (χ1) is 10.0. The van der Waals surface area contributed by atoms with Crippen molar-refractivity contribution >= 4 is 10.0 Å². The molecule has 2 aliphatic rings. The van der Waals surface area contributed by atoms with Gasteiger partial charge in [0.25, 0.3) is 0 Å². The highest BCUT2D eigenvalue weighted by Crippen LogP contribution is 2.38. The minimum Gasteiger partial charge on any atom is -0.495 e. The predicted molar refractivity (Wildman–Crippen MR) is 81.1 cm³/mol. The summed E-state index contributed by atoms with van der Waals surface area (Å²) in [5.41, 5.74) is 0.926. The Balaban J connectivity index is 2.03. The van der Waals surface area contributed by atoms with Gasteiger partial charge < -0.3 is 10.1 Å². The van der Waals surface area contributed by atoms with Gasteiger partial charge in [0.2, 0.25) is 10.0 Å². The number of aryl methyl sites for hydroxylation is 1. The minimum absolute atomic E-state index is 0.0627. The normalized spacial score (nSPS) is 22.7. The van der Waals surface area contributed by atoms with Crippen LogP contribution in [-0.2, 0) is 10.0 Å². The Morgan fingerprint density at radius 2 is 2.00 bits per heavy atom. The molecule has 1 heterocycles. The highest BCUT2D eigenvalue weighted by molar-refractivity contribution is 7.89. The van der Waals surface area contributed by atoms with Crippen LogP contribution in [0.15, 0.2) is 23.1 Å². The Morgan fingerprint density at radius 1 is 1.24 bits per heavy atom. The summed E-state index contributed by atoms with van der Waals surface area (Å²) < 4.78 is 33.3. The van der Waals surface area contributed by atoms with Crippen molar-refractivity contribution in [1.82, 2.24) is 9.62 Å². The number of rotatable bonds is 5. The Morgan fingerprint density at radius 3 is 2.57 bits per heavy atom. The number of nitrogens with zero attached hydrogens (tertiary/aromatic N) is 1. The zero-order valence-electron chi connectivity index (χ0n) is 12.5. The van der Waals surface area contributed by atoms with Gasteiger partial charge in [-0.15, -0.1) is 0 Å². The molecule has 1 aromatic carbocycles. The van der Waals surface area contributed by atoms with Crippen molar-refractivity contribution in [3.8, 4) is 5.75 Å². The molecule has 116 valence electrons. The average molecular weight is 310 g/mol. The van der Waals surface area contributed by atoms with E-state index in [2.05, 4.69) is 5.32 Å². The molecule has 1 aliphatic heterocycles. The molecule has 0 radical (unpaired) electrons. The SMILES string of the molecule is COc1ccc(C)cc1S(=O)(=O)N(C1CC1)C1CCNC1. The molecule has 1 saturated carbocycles. The van der Waals surface area contributed by atoms with Crippen LogP contribution in [0, 0.1) is 6.92 Å². The third-order valence-electron chi connectivity index (χ3n) is 4.18. The van der Waals surface area contributed by atoms with Gasteiger partial charge in [-0.25, -0.2) is 8.42 Å². The quantitative estimate of drug-likeness (QED) is 0.896. The molecule has 3 rings (SSSR count). The molecule has 0 amide bonds. The van der Waals surface area contributed by atoms with E-state index in [0.717, 1.165) is 37.9 Å². The average Bonchev–Trinajstić information content (AvgIpc) is 3.13. The second-order valence-corrected chi connectivity index (χ2v) is 7.68. The number of methoxy groups -OCH3 is 1. The predicted octanol–water partition coefficient (Wildman–Crippen LogP) is 1.52. The van der Waals surface area contributed by atoms with Crippen LogP contribution in [0.4, 0.5) is 0 Å². The molecule has 0 bridgehead atoms. The standard InChI is InChI=1S/C15H22N2O3S/c1-11-3-6-14(20-2)15(9-11)21(18,19)17(12-4-5-12)13-7-8-16-10-13/h3,6,9,12-13,16H,4-5,7-8,10H2,1-2H3. The highest BCUT2D eigenvalue weighted by Gasteiger charge is 2.44. The number of hydrogen-bond donors (Lipinski definition) is 1. The van der Waals surface area contributed by atoms with Crippen molar-refractivity contribution in [3.05, 3.63) is 23.8 Å². The third kappa shape index (κ3) is 2.80. The maximum absolute atomic E-state index is 13.2. The zero-order valence-corrected chi connectivity index (χ0v) is 13.3. The molecule has 1 aliphatic carbocycles. The largest absolute Gasteiger partial charge is 0.495 e. The van der Waals surface area contributed by atoms with Crippen molar-refractivity contribution in [1.29, 1.82) is 0 Å². The van der Waals surface area contributed by atoms with Crippen molar-refractivity contribution in [2.75, 3.05) is 20.2 Å². The fourth-order valence-corrected chi connectivity index (χ4v) is 5.12. The van der Waals surface area contributed by atoms with Crippen LogP contribution in [0.3, 0.4) is 0 Å². The summed E-state index contributed by atoms with van der Waals surface area (Å²) in [5.74, 6) is 0.428. The summed E-state index contributed by atoms with van der Waals surface area (Å²) in [6.45, 7) is 3.52. The summed E-state index contributed by atoms with van der Waals surface area (Å²) in [6, 6.07) is 5.54. The van der Waals surface area contributed by atoms with Gasteiger partial charge in [-0.1, -0.05) is 6.07 Å². The second kappa shape index (κ2) is 5.59. The maximum Gasteiger partial charge on any atom is 0.247 e. The molecule has 1 unspecified atom stereocenters. The van der Waals surface area contributed by atoms with Crippen molar-refractivity contribution in [2.24, 2.45) is 0 Å². The number of nitrogens with one attached hydrogen (secondary N) is 1. The van der Waals surface area contributed by atoms with Crippen LogP contribution in [0.2, 0.25) is 0 Å².